The number of nitrogens with one attached hydrogen (secondary N) is 1. The molecule has 2 bridgehead atoms. The lowest BCUT2D eigenvalue weighted by Crippen LogP contribution is -2.25. The largest absolute Gasteiger partial charge is 0.483 e. The van der Waals surface area contributed by atoms with Crippen LogP contribution in [0.3, 0.4) is 0 Å². The predicted octanol–water partition coefficient (Wildman–Crippen LogP) is 6.49. The van der Waals surface area contributed by atoms with Crippen molar-refractivity contribution in [3.05, 3.63) is 64.6 Å². The number of aromatic nitrogens is 3. The third-order valence-corrected chi connectivity index (χ3v) is 8.68. The minimum atomic E-state index is -0.404. The molecule has 2 aliphatic carbocycles. The van der Waals surface area contributed by atoms with E-state index in [1.165, 1.54) is 43.5 Å². The van der Waals surface area contributed by atoms with Crippen molar-refractivity contribution in [2.75, 3.05) is 11.1 Å². The molecule has 2 aliphatic rings. The molecule has 0 radical (unpaired) electrons. The summed E-state index contributed by atoms with van der Waals surface area (Å²) in [6.45, 7) is 2.33. The highest BCUT2D eigenvalue weighted by atomic mass is 79.9. The maximum absolute atomic E-state index is 14.1. The van der Waals surface area contributed by atoms with Gasteiger partial charge in [0, 0.05) is 16.2 Å². The summed E-state index contributed by atoms with van der Waals surface area (Å²) in [7, 11) is 0. The summed E-state index contributed by atoms with van der Waals surface area (Å²) in [5, 5.41) is 12.4. The molecule has 0 saturated heterocycles. The number of para-hydroxylation sites is 1. The number of anilines is 1. The molecule has 5 rings (SSSR count). The molecular weight excluding hydrogens is 531 g/mol. The lowest BCUT2D eigenvalue weighted by Gasteiger charge is -2.30. The fraction of sp³-hybridized carbons (Fsp3) is 0.423. The van der Waals surface area contributed by atoms with E-state index in [9.17, 15) is 9.18 Å². The van der Waals surface area contributed by atoms with Crippen molar-refractivity contribution in [3.63, 3.8) is 0 Å². The van der Waals surface area contributed by atoms with E-state index in [-0.39, 0.29) is 30.1 Å². The van der Waals surface area contributed by atoms with Crippen LogP contribution in [0.4, 0.5) is 10.1 Å². The highest BCUT2D eigenvalue weighted by molar-refractivity contribution is 9.10. The van der Waals surface area contributed by atoms with Gasteiger partial charge in [-0.2, -0.15) is 0 Å². The molecule has 3 aromatic rings. The number of hydrogen-bond donors (Lipinski definition) is 1. The van der Waals surface area contributed by atoms with Crippen LogP contribution in [0.15, 0.2) is 58.2 Å². The molecule has 2 fully saturated rings. The summed E-state index contributed by atoms with van der Waals surface area (Å²) in [4.78, 5) is 12.6. The Morgan fingerprint density at radius 3 is 2.71 bits per heavy atom. The van der Waals surface area contributed by atoms with Gasteiger partial charge in [-0.1, -0.05) is 46.2 Å². The zero-order chi connectivity index (χ0) is 24.4. The van der Waals surface area contributed by atoms with Crippen molar-refractivity contribution in [1.82, 2.24) is 14.8 Å². The van der Waals surface area contributed by atoms with E-state index >= 15 is 0 Å². The predicted molar refractivity (Wildman–Crippen MR) is 138 cm³/mol. The Hall–Kier alpha value is -2.39. The van der Waals surface area contributed by atoms with Crippen LogP contribution in [0.1, 0.15) is 44.5 Å². The monoisotopic (exact) mass is 558 g/mol. The van der Waals surface area contributed by atoms with Gasteiger partial charge in [-0.3, -0.25) is 9.36 Å². The minimum absolute atomic E-state index is 0.108. The summed E-state index contributed by atoms with van der Waals surface area (Å²) in [6.07, 6.45) is 5.13. The highest BCUT2D eigenvalue weighted by Gasteiger charge is 2.43. The second kappa shape index (κ2) is 10.7. The molecule has 184 valence electrons. The zero-order valence-corrected chi connectivity index (χ0v) is 21.9. The van der Waals surface area contributed by atoms with E-state index in [1.807, 2.05) is 24.3 Å². The molecule has 2 saturated carbocycles. The van der Waals surface area contributed by atoms with Gasteiger partial charge in [0.1, 0.15) is 6.61 Å². The summed E-state index contributed by atoms with van der Waals surface area (Å²) in [5.74, 6) is 2.63. The summed E-state index contributed by atoms with van der Waals surface area (Å²) >= 11 is 4.77. The Balaban J connectivity index is 1.31. The molecule has 1 amide bonds. The van der Waals surface area contributed by atoms with E-state index < -0.39 is 5.82 Å². The Morgan fingerprint density at radius 1 is 1.20 bits per heavy atom. The standard InChI is InChI=1S/C26H28BrFN4O2S/c1-16(21-13-17-6-7-18(21)12-17)32-24(14-34-23-5-3-2-4-22(23)28)30-31-26(32)35-15-25(33)29-20-10-8-19(27)9-11-20/h2-5,8-11,16-18,21H,6-7,12-15H2,1H3,(H,29,33)/t16-,17+,18+,21-/m1/s1. The number of carbonyl (C=O) groups excluding carboxylic acids is 1. The van der Waals surface area contributed by atoms with E-state index in [0.29, 0.717) is 16.9 Å². The number of ether oxygens (including phenoxy) is 1. The number of thioether (sulfide) groups is 1. The fourth-order valence-electron chi connectivity index (χ4n) is 5.55. The van der Waals surface area contributed by atoms with Crippen LogP contribution in [0.5, 0.6) is 5.75 Å². The van der Waals surface area contributed by atoms with E-state index in [1.54, 1.807) is 18.2 Å². The quantitative estimate of drug-likeness (QED) is 0.304. The number of amides is 1. The van der Waals surface area contributed by atoms with Gasteiger partial charge < -0.3 is 10.1 Å². The maximum Gasteiger partial charge on any atom is 0.234 e. The molecule has 6 nitrogen and oxygen atoms in total. The Morgan fingerprint density at radius 2 is 2.00 bits per heavy atom. The Bertz CT molecular complexity index is 1190. The average Bonchev–Trinajstić information content (AvgIpc) is 3.59. The topological polar surface area (TPSA) is 69.0 Å². The normalized spacial score (nSPS) is 21.7. The third-order valence-electron chi connectivity index (χ3n) is 7.21. The Kier molecular flexibility index (Phi) is 7.43. The molecule has 35 heavy (non-hydrogen) atoms. The van der Waals surface area contributed by atoms with Crippen LogP contribution < -0.4 is 10.1 Å². The van der Waals surface area contributed by atoms with Crippen molar-refractivity contribution in [2.45, 2.75) is 50.4 Å². The number of fused-ring (bicyclic) bond motifs is 2. The van der Waals surface area contributed by atoms with Gasteiger partial charge in [0.05, 0.1) is 5.75 Å². The second-order valence-corrected chi connectivity index (χ2v) is 11.3. The highest BCUT2D eigenvalue weighted by Crippen LogP contribution is 2.52. The third kappa shape index (κ3) is 5.56. The van der Waals surface area contributed by atoms with Crippen molar-refractivity contribution in [2.24, 2.45) is 17.8 Å². The lowest BCUT2D eigenvalue weighted by atomic mass is 9.84. The molecule has 1 heterocycles. The van der Waals surface area contributed by atoms with Crippen LogP contribution in [-0.2, 0) is 11.4 Å². The number of nitrogens with zero attached hydrogens (tertiary/aromatic N) is 3. The van der Waals surface area contributed by atoms with Gasteiger partial charge in [-0.05, 0) is 80.3 Å². The fourth-order valence-corrected chi connectivity index (χ4v) is 6.66. The number of rotatable bonds is 9. The molecule has 0 unspecified atom stereocenters. The zero-order valence-electron chi connectivity index (χ0n) is 19.5. The van der Waals surface area contributed by atoms with Gasteiger partial charge in [0.2, 0.25) is 5.91 Å². The molecule has 4 atom stereocenters. The van der Waals surface area contributed by atoms with E-state index in [0.717, 1.165) is 22.0 Å². The lowest BCUT2D eigenvalue weighted by molar-refractivity contribution is -0.113. The van der Waals surface area contributed by atoms with Crippen LogP contribution in [0.2, 0.25) is 0 Å². The van der Waals surface area contributed by atoms with Crippen molar-refractivity contribution >= 4 is 39.3 Å². The molecule has 2 aromatic carbocycles. The number of hydrogen-bond acceptors (Lipinski definition) is 5. The minimum Gasteiger partial charge on any atom is -0.483 e. The Labute approximate surface area is 217 Å². The van der Waals surface area contributed by atoms with Crippen LogP contribution >= 0.6 is 27.7 Å². The SMILES string of the molecule is C[C@H]([C@H]1C[C@H]2CC[C@H]1C2)n1c(COc2ccccc2F)nnc1SCC(=O)Nc1ccc(Br)cc1. The van der Waals surface area contributed by atoms with Crippen molar-refractivity contribution in [3.8, 4) is 5.75 Å². The molecule has 9 heteroatoms. The van der Waals surface area contributed by atoms with Crippen LogP contribution in [0, 0.1) is 23.6 Å². The molecule has 0 aliphatic heterocycles. The molecule has 1 N–H and O–H groups in total. The molecule has 1 aromatic heterocycles. The first kappa shape index (κ1) is 24.3. The van der Waals surface area contributed by atoms with Gasteiger partial charge in [-0.25, -0.2) is 4.39 Å². The van der Waals surface area contributed by atoms with Crippen LogP contribution in [-0.4, -0.2) is 26.4 Å². The molecule has 0 spiro atoms. The summed E-state index contributed by atoms with van der Waals surface area (Å²) in [5.41, 5.74) is 0.745. The first-order valence-electron chi connectivity index (χ1n) is 12.0. The van der Waals surface area contributed by atoms with Gasteiger partial charge >= 0.3 is 0 Å². The maximum atomic E-state index is 14.1. The van der Waals surface area contributed by atoms with Crippen molar-refractivity contribution in [1.29, 1.82) is 0 Å². The van der Waals surface area contributed by atoms with Gasteiger partial charge in [0.15, 0.2) is 22.5 Å². The van der Waals surface area contributed by atoms with Gasteiger partial charge in [-0.15, -0.1) is 10.2 Å². The summed E-state index contributed by atoms with van der Waals surface area (Å²) in [6, 6.07) is 14.0. The van der Waals surface area contributed by atoms with Crippen LogP contribution in [0.25, 0.3) is 0 Å². The van der Waals surface area contributed by atoms with Crippen molar-refractivity contribution < 1.29 is 13.9 Å². The van der Waals surface area contributed by atoms with E-state index in [2.05, 4.69) is 42.9 Å². The number of benzene rings is 2. The van der Waals surface area contributed by atoms with Gasteiger partial charge in [0.25, 0.3) is 0 Å². The smallest absolute Gasteiger partial charge is 0.234 e. The molecular formula is C26H28BrFN4O2S. The second-order valence-electron chi connectivity index (χ2n) is 9.41. The first-order chi connectivity index (χ1) is 17.0. The number of halogens is 2. The first-order valence-corrected chi connectivity index (χ1v) is 13.7. The van der Waals surface area contributed by atoms with E-state index in [4.69, 9.17) is 4.74 Å². The number of carbonyl (C=O) groups is 1. The average molecular weight is 560 g/mol. The summed E-state index contributed by atoms with van der Waals surface area (Å²) < 4.78 is 22.9.